The van der Waals surface area contributed by atoms with Gasteiger partial charge in [-0.25, -0.2) is 9.59 Å². The molecule has 2 aliphatic heterocycles. The van der Waals surface area contributed by atoms with Crippen LogP contribution in [-0.2, 0) is 0 Å². The number of halogens is 2. The predicted molar refractivity (Wildman–Crippen MR) is 158 cm³/mol. The van der Waals surface area contributed by atoms with E-state index < -0.39 is 6.03 Å². The summed E-state index contributed by atoms with van der Waals surface area (Å²) in [4.78, 5) is 33.8. The van der Waals surface area contributed by atoms with Crippen LogP contribution in [0.2, 0.25) is 0 Å². The van der Waals surface area contributed by atoms with Crippen LogP contribution >= 0.6 is 24.8 Å². The van der Waals surface area contributed by atoms with Gasteiger partial charge in [0.05, 0.1) is 13.1 Å². The minimum absolute atomic E-state index is 0. The molecule has 2 aliphatic rings. The number of hydrogen-bond acceptors (Lipinski definition) is 6. The molecule has 0 saturated heterocycles. The molecular formula is C26H28Cl2N8O2. The van der Waals surface area contributed by atoms with E-state index >= 15 is 0 Å². The monoisotopic (exact) mass is 554 g/mol. The summed E-state index contributed by atoms with van der Waals surface area (Å²) >= 11 is 0. The molecule has 0 bridgehead atoms. The fraction of sp³-hybridized carbons (Fsp3) is 0.154. The molecule has 0 spiro atoms. The van der Waals surface area contributed by atoms with Gasteiger partial charge >= 0.3 is 12.1 Å². The van der Waals surface area contributed by atoms with Crippen LogP contribution in [0, 0.1) is 0 Å². The number of amides is 4. The largest absolute Gasteiger partial charge is 0.368 e. The number of carbonyl (C=O) groups is 2. The second-order valence-electron chi connectivity index (χ2n) is 8.21. The van der Waals surface area contributed by atoms with Crippen LogP contribution in [0.4, 0.5) is 32.3 Å². The molecule has 0 unspecified atom stereocenters. The number of anilines is 4. The molecule has 0 fully saturated rings. The van der Waals surface area contributed by atoms with E-state index in [1.165, 1.54) is 0 Å². The first-order valence-corrected chi connectivity index (χ1v) is 11.7. The van der Waals surface area contributed by atoms with Crippen molar-refractivity contribution in [2.24, 2.45) is 9.98 Å². The van der Waals surface area contributed by atoms with E-state index in [0.717, 1.165) is 49.0 Å². The number of aliphatic imine (C=N–C) groups is 2. The molecule has 0 saturated carbocycles. The first-order chi connectivity index (χ1) is 17.6. The van der Waals surface area contributed by atoms with Crippen LogP contribution in [0.25, 0.3) is 0 Å². The van der Waals surface area contributed by atoms with Crippen LogP contribution in [0.5, 0.6) is 0 Å². The van der Waals surface area contributed by atoms with E-state index in [9.17, 15) is 9.59 Å². The quantitative estimate of drug-likeness (QED) is 0.267. The summed E-state index contributed by atoms with van der Waals surface area (Å²) in [5.74, 6) is 1.69. The number of hydrogen-bond donors (Lipinski definition) is 6. The topological polar surface area (TPSA) is 131 Å². The molecule has 3 aromatic rings. The normalized spacial score (nSPS) is 13.4. The van der Waals surface area contributed by atoms with Crippen molar-refractivity contribution in [1.82, 2.24) is 10.6 Å². The summed E-state index contributed by atoms with van der Waals surface area (Å²) in [6, 6.07) is 21.1. The molecule has 6 N–H and O–H groups in total. The highest BCUT2D eigenvalue weighted by molar-refractivity contribution is 6.04. The first-order valence-electron chi connectivity index (χ1n) is 11.7. The number of nitrogens with one attached hydrogen (secondary N) is 6. The van der Waals surface area contributed by atoms with Crippen molar-refractivity contribution in [2.75, 3.05) is 47.4 Å². The molecule has 38 heavy (non-hydrogen) atoms. The Balaban J connectivity index is 0.00000200. The van der Waals surface area contributed by atoms with E-state index in [1.54, 1.807) is 24.3 Å². The van der Waals surface area contributed by atoms with Crippen molar-refractivity contribution < 1.29 is 9.59 Å². The zero-order chi connectivity index (χ0) is 24.7. The molecule has 5 rings (SSSR count). The molecule has 0 atom stereocenters. The summed E-state index contributed by atoms with van der Waals surface area (Å²) in [6.45, 7) is 3.18. The van der Waals surface area contributed by atoms with Crippen molar-refractivity contribution in [3.63, 3.8) is 0 Å². The number of amidine groups is 2. The summed E-state index contributed by atoms with van der Waals surface area (Å²) in [5, 5.41) is 17.6. The lowest BCUT2D eigenvalue weighted by molar-refractivity contribution is 0.261. The maximum absolute atomic E-state index is 12.5. The Labute approximate surface area is 232 Å². The maximum atomic E-state index is 12.5. The van der Waals surface area contributed by atoms with E-state index in [2.05, 4.69) is 41.9 Å². The van der Waals surface area contributed by atoms with Crippen LogP contribution in [0.1, 0.15) is 11.1 Å². The lowest BCUT2D eigenvalue weighted by atomic mass is 10.2. The van der Waals surface area contributed by atoms with Crippen LogP contribution in [0.3, 0.4) is 0 Å². The highest BCUT2D eigenvalue weighted by Gasteiger charge is 2.11. The highest BCUT2D eigenvalue weighted by atomic mass is 35.5. The SMILES string of the molecule is Cl.Cl.O=C(Nc1ccc(C2=NCCN2)cc1)Nc1cccc(NC(=O)Nc2cccc(C3=NCCN3)c2)c1. The van der Waals surface area contributed by atoms with Crippen LogP contribution in [-0.4, -0.2) is 49.9 Å². The molecule has 0 aliphatic carbocycles. The van der Waals surface area contributed by atoms with Gasteiger partial charge < -0.3 is 31.9 Å². The smallest absolute Gasteiger partial charge is 0.323 e. The zero-order valence-corrected chi connectivity index (χ0v) is 21.9. The summed E-state index contributed by atoms with van der Waals surface area (Å²) in [6.07, 6.45) is 0. The summed E-state index contributed by atoms with van der Waals surface area (Å²) in [7, 11) is 0. The average Bonchev–Trinajstić information content (AvgIpc) is 3.60. The predicted octanol–water partition coefficient (Wildman–Crippen LogP) is 4.52. The molecule has 0 radical (unpaired) electrons. The van der Waals surface area contributed by atoms with Gasteiger partial charge in [-0.15, -0.1) is 24.8 Å². The van der Waals surface area contributed by atoms with Gasteiger partial charge in [-0.3, -0.25) is 9.98 Å². The molecule has 2 heterocycles. The maximum Gasteiger partial charge on any atom is 0.323 e. The average molecular weight is 555 g/mol. The number of rotatable bonds is 6. The van der Waals surface area contributed by atoms with Gasteiger partial charge in [0.1, 0.15) is 11.7 Å². The van der Waals surface area contributed by atoms with Gasteiger partial charge in [0, 0.05) is 47.0 Å². The Morgan fingerprint density at radius 3 is 1.58 bits per heavy atom. The van der Waals surface area contributed by atoms with E-state index in [0.29, 0.717) is 22.7 Å². The second kappa shape index (κ2) is 13.3. The van der Waals surface area contributed by atoms with Crippen molar-refractivity contribution in [1.29, 1.82) is 0 Å². The van der Waals surface area contributed by atoms with Gasteiger partial charge in [0.15, 0.2) is 0 Å². The Morgan fingerprint density at radius 1 is 0.579 bits per heavy atom. The van der Waals surface area contributed by atoms with E-state index in [-0.39, 0.29) is 30.8 Å². The molecule has 198 valence electrons. The molecule has 10 nitrogen and oxygen atoms in total. The van der Waals surface area contributed by atoms with Gasteiger partial charge in [-0.2, -0.15) is 0 Å². The fourth-order valence-corrected chi connectivity index (χ4v) is 3.90. The van der Waals surface area contributed by atoms with Gasteiger partial charge in [-0.05, 0) is 54.6 Å². The Morgan fingerprint density at radius 2 is 1.05 bits per heavy atom. The van der Waals surface area contributed by atoms with Crippen LogP contribution in [0.15, 0.2) is 82.8 Å². The third-order valence-electron chi connectivity index (χ3n) is 5.54. The van der Waals surface area contributed by atoms with Gasteiger partial charge in [0.25, 0.3) is 0 Å². The molecular weight excluding hydrogens is 527 g/mol. The molecule has 12 heteroatoms. The molecule has 0 aromatic heterocycles. The summed E-state index contributed by atoms with van der Waals surface area (Å²) < 4.78 is 0. The van der Waals surface area contributed by atoms with E-state index in [1.807, 2.05) is 48.5 Å². The first kappa shape index (κ1) is 28.3. The Bertz CT molecular complexity index is 1350. The lowest BCUT2D eigenvalue weighted by Crippen LogP contribution is -2.22. The van der Waals surface area contributed by atoms with Crippen molar-refractivity contribution in [2.45, 2.75) is 0 Å². The second-order valence-corrected chi connectivity index (χ2v) is 8.21. The Hall–Kier alpha value is -4.28. The molecule has 3 aromatic carbocycles. The van der Waals surface area contributed by atoms with Gasteiger partial charge in [-0.1, -0.05) is 18.2 Å². The van der Waals surface area contributed by atoms with Crippen molar-refractivity contribution in [3.05, 3.63) is 83.9 Å². The number of carbonyl (C=O) groups excluding carboxylic acids is 2. The van der Waals surface area contributed by atoms with Crippen LogP contribution < -0.4 is 31.9 Å². The van der Waals surface area contributed by atoms with Gasteiger partial charge in [0.2, 0.25) is 0 Å². The number of nitrogens with zero attached hydrogens (tertiary/aromatic N) is 2. The van der Waals surface area contributed by atoms with E-state index in [4.69, 9.17) is 0 Å². The third-order valence-corrected chi connectivity index (χ3v) is 5.54. The lowest BCUT2D eigenvalue weighted by Gasteiger charge is -2.12. The Kier molecular flexibility index (Phi) is 9.92. The number of urea groups is 2. The summed E-state index contributed by atoms with van der Waals surface area (Å²) in [5.41, 5.74) is 4.28. The zero-order valence-electron chi connectivity index (χ0n) is 20.3. The third kappa shape index (κ3) is 7.37. The standard InChI is InChI=1S/C26H26N8O2.2ClH/c35-25(31-19-9-7-17(8-10-19)23-27-11-12-28-23)33-21-5-2-6-22(16-21)34-26(36)32-20-4-1-3-18(15-20)24-29-13-14-30-24;;/h1-10,15-16H,11-14H2,(H,27,28)(H,29,30)(H2,31,33,35)(H2,32,34,36);2*1H. The van der Waals surface area contributed by atoms with Crippen molar-refractivity contribution >= 4 is 71.3 Å². The minimum atomic E-state index is -0.392. The molecule has 4 amide bonds. The highest BCUT2D eigenvalue weighted by Crippen LogP contribution is 2.18. The number of benzene rings is 3. The van der Waals surface area contributed by atoms with Crippen molar-refractivity contribution in [3.8, 4) is 0 Å². The fourth-order valence-electron chi connectivity index (χ4n) is 3.90. The minimum Gasteiger partial charge on any atom is -0.368 e.